The lowest BCUT2D eigenvalue weighted by Gasteiger charge is -2.24. The van der Waals surface area contributed by atoms with Gasteiger partial charge in [-0.2, -0.15) is 0 Å². The van der Waals surface area contributed by atoms with Gasteiger partial charge in [-0.1, -0.05) is 46.0 Å². The second-order valence-corrected chi connectivity index (χ2v) is 5.41. The minimum Gasteiger partial charge on any atom is -0.312 e. The molecule has 1 nitrogen and oxygen atoms in total. The average Bonchev–Trinajstić information content (AvgIpc) is 2.45. The van der Waals surface area contributed by atoms with Crippen LogP contribution in [0.2, 0.25) is 0 Å². The highest BCUT2D eigenvalue weighted by Gasteiger charge is 2.21. The third-order valence-corrected chi connectivity index (χ3v) is 4.28. The van der Waals surface area contributed by atoms with Crippen molar-refractivity contribution in [3.8, 4) is 0 Å². The predicted octanol–water partition coefficient (Wildman–Crippen LogP) is 3.95. The second kappa shape index (κ2) is 7.51. The van der Waals surface area contributed by atoms with Crippen molar-refractivity contribution in [2.75, 3.05) is 6.54 Å². The highest BCUT2D eigenvalue weighted by atomic mass is 35.5. The van der Waals surface area contributed by atoms with E-state index in [-0.39, 0.29) is 0 Å². The first kappa shape index (κ1) is 13.3. The van der Waals surface area contributed by atoms with Crippen molar-refractivity contribution in [2.45, 2.75) is 70.2 Å². The minimum atomic E-state index is 0.363. The van der Waals surface area contributed by atoms with Crippen LogP contribution in [-0.4, -0.2) is 18.0 Å². The zero-order valence-corrected chi connectivity index (χ0v) is 11.0. The molecule has 1 aliphatic rings. The zero-order chi connectivity index (χ0) is 11.1. The maximum Gasteiger partial charge on any atom is 0.0489 e. The molecule has 0 heterocycles. The fourth-order valence-corrected chi connectivity index (χ4v) is 2.76. The molecule has 90 valence electrons. The van der Waals surface area contributed by atoms with Crippen LogP contribution in [0.5, 0.6) is 0 Å². The van der Waals surface area contributed by atoms with Gasteiger partial charge in [-0.15, -0.1) is 11.6 Å². The van der Waals surface area contributed by atoms with Crippen LogP contribution in [0.4, 0.5) is 0 Å². The molecule has 1 aliphatic carbocycles. The van der Waals surface area contributed by atoms with Crippen LogP contribution in [-0.2, 0) is 0 Å². The molecule has 0 amide bonds. The molecule has 0 aromatic rings. The summed E-state index contributed by atoms with van der Waals surface area (Å²) in [5.41, 5.74) is 0. The van der Waals surface area contributed by atoms with Gasteiger partial charge in [0.1, 0.15) is 0 Å². The Morgan fingerprint density at radius 2 is 1.80 bits per heavy atom. The van der Waals surface area contributed by atoms with Gasteiger partial charge in [0.05, 0.1) is 0 Å². The van der Waals surface area contributed by atoms with Crippen molar-refractivity contribution in [3.63, 3.8) is 0 Å². The maximum atomic E-state index is 6.39. The summed E-state index contributed by atoms with van der Waals surface area (Å²) in [5.74, 6) is 0.831. The van der Waals surface area contributed by atoms with E-state index in [1.165, 1.54) is 44.9 Å². The quantitative estimate of drug-likeness (QED) is 0.558. The van der Waals surface area contributed by atoms with Crippen LogP contribution in [0.1, 0.15) is 58.8 Å². The van der Waals surface area contributed by atoms with E-state index in [0.717, 1.165) is 12.5 Å². The summed E-state index contributed by atoms with van der Waals surface area (Å²) in [4.78, 5) is 0. The minimum absolute atomic E-state index is 0.363. The smallest absolute Gasteiger partial charge is 0.0489 e. The Balaban J connectivity index is 2.28. The van der Waals surface area contributed by atoms with Gasteiger partial charge < -0.3 is 5.32 Å². The van der Waals surface area contributed by atoms with Crippen molar-refractivity contribution >= 4 is 11.6 Å². The molecule has 2 heteroatoms. The maximum absolute atomic E-state index is 6.39. The van der Waals surface area contributed by atoms with Crippen LogP contribution in [0, 0.1) is 5.92 Å². The van der Waals surface area contributed by atoms with E-state index in [9.17, 15) is 0 Å². The molecular weight excluding hydrogens is 206 g/mol. The lowest BCUT2D eigenvalue weighted by molar-refractivity contribution is 0.388. The Labute approximate surface area is 100.0 Å². The zero-order valence-electron chi connectivity index (χ0n) is 10.3. The largest absolute Gasteiger partial charge is 0.312 e. The summed E-state index contributed by atoms with van der Waals surface area (Å²) >= 11 is 6.39. The van der Waals surface area contributed by atoms with Gasteiger partial charge in [0.15, 0.2) is 0 Å². The van der Waals surface area contributed by atoms with Gasteiger partial charge >= 0.3 is 0 Å². The molecule has 2 atom stereocenters. The third-order valence-electron chi connectivity index (χ3n) is 3.76. The molecule has 1 N–H and O–H groups in total. The second-order valence-electron chi connectivity index (χ2n) is 4.85. The van der Waals surface area contributed by atoms with Crippen molar-refractivity contribution in [2.24, 2.45) is 5.92 Å². The summed E-state index contributed by atoms with van der Waals surface area (Å²) in [6.45, 7) is 5.71. The summed E-state index contributed by atoms with van der Waals surface area (Å²) in [5, 5.41) is 4.04. The number of halogens is 1. The Hall–Kier alpha value is 0.250. The summed E-state index contributed by atoms with van der Waals surface area (Å²) in [6, 6.07) is 0.565. The summed E-state index contributed by atoms with van der Waals surface area (Å²) in [6.07, 6.45) is 9.07. The number of hydrogen-bond donors (Lipinski definition) is 1. The van der Waals surface area contributed by atoms with Crippen LogP contribution in [0.25, 0.3) is 0 Å². The average molecular weight is 232 g/mol. The number of nitrogens with one attached hydrogen (secondary N) is 1. The Morgan fingerprint density at radius 3 is 2.47 bits per heavy atom. The molecule has 0 spiro atoms. The van der Waals surface area contributed by atoms with Gasteiger partial charge in [0.25, 0.3) is 0 Å². The molecule has 0 radical (unpaired) electrons. The molecule has 0 aromatic carbocycles. The van der Waals surface area contributed by atoms with Gasteiger partial charge in [-0.3, -0.25) is 0 Å². The summed E-state index contributed by atoms with van der Waals surface area (Å²) < 4.78 is 0. The van der Waals surface area contributed by atoms with Crippen molar-refractivity contribution < 1.29 is 0 Å². The van der Waals surface area contributed by atoms with Gasteiger partial charge in [0, 0.05) is 11.4 Å². The van der Waals surface area contributed by atoms with Crippen LogP contribution < -0.4 is 5.32 Å². The van der Waals surface area contributed by atoms with Gasteiger partial charge in [0.2, 0.25) is 0 Å². The van der Waals surface area contributed by atoms with Gasteiger partial charge in [-0.05, 0) is 25.3 Å². The van der Waals surface area contributed by atoms with Crippen LogP contribution in [0.15, 0.2) is 0 Å². The molecule has 1 fully saturated rings. The lowest BCUT2D eigenvalue weighted by Crippen LogP contribution is -2.39. The highest BCUT2D eigenvalue weighted by Crippen LogP contribution is 2.22. The van der Waals surface area contributed by atoms with Crippen molar-refractivity contribution in [1.82, 2.24) is 5.32 Å². The predicted molar refractivity (Wildman–Crippen MR) is 68.6 cm³/mol. The van der Waals surface area contributed by atoms with E-state index in [1.807, 2.05) is 0 Å². The first-order valence-corrected chi connectivity index (χ1v) is 7.09. The molecule has 0 aromatic heterocycles. The number of rotatable bonds is 5. The van der Waals surface area contributed by atoms with Crippen LogP contribution >= 0.6 is 11.6 Å². The van der Waals surface area contributed by atoms with E-state index in [2.05, 4.69) is 19.2 Å². The molecule has 0 bridgehead atoms. The van der Waals surface area contributed by atoms with Crippen LogP contribution in [0.3, 0.4) is 0 Å². The van der Waals surface area contributed by atoms with E-state index in [0.29, 0.717) is 11.4 Å². The molecule has 1 rings (SSSR count). The van der Waals surface area contributed by atoms with Crippen molar-refractivity contribution in [1.29, 1.82) is 0 Å². The number of alkyl halides is 1. The van der Waals surface area contributed by atoms with E-state index < -0.39 is 0 Å². The molecule has 0 saturated heterocycles. The van der Waals surface area contributed by atoms with E-state index in [4.69, 9.17) is 11.6 Å². The van der Waals surface area contributed by atoms with E-state index >= 15 is 0 Å². The topological polar surface area (TPSA) is 12.0 Å². The highest BCUT2D eigenvalue weighted by molar-refractivity contribution is 6.21. The normalized spacial score (nSPS) is 28.0. The Kier molecular flexibility index (Phi) is 6.67. The molecule has 2 unspecified atom stereocenters. The third kappa shape index (κ3) is 4.74. The fraction of sp³-hybridized carbons (Fsp3) is 1.00. The SMILES string of the molecule is CCC(CC)CNC1CCCCCC1Cl. The molecular formula is C13H26ClN. The lowest BCUT2D eigenvalue weighted by atomic mass is 10.0. The monoisotopic (exact) mass is 231 g/mol. The number of hydrogen-bond acceptors (Lipinski definition) is 1. The summed E-state index contributed by atoms with van der Waals surface area (Å²) in [7, 11) is 0. The first-order chi connectivity index (χ1) is 7.27. The Bertz CT molecular complexity index is 157. The molecule has 15 heavy (non-hydrogen) atoms. The van der Waals surface area contributed by atoms with Gasteiger partial charge in [-0.25, -0.2) is 0 Å². The fourth-order valence-electron chi connectivity index (χ4n) is 2.39. The first-order valence-electron chi connectivity index (χ1n) is 6.65. The van der Waals surface area contributed by atoms with E-state index in [1.54, 1.807) is 0 Å². The Morgan fingerprint density at radius 1 is 1.13 bits per heavy atom. The molecule has 1 saturated carbocycles. The van der Waals surface area contributed by atoms with Crippen molar-refractivity contribution in [3.05, 3.63) is 0 Å². The molecule has 0 aliphatic heterocycles. The standard InChI is InChI=1S/C13H26ClN/c1-3-11(4-2)10-15-13-9-7-5-6-8-12(13)14/h11-13,15H,3-10H2,1-2H3.